The Balaban J connectivity index is 2.02. The standard InChI is InChI=1S/C25H27ClN2O6S/c1-16-6-10-22(33-4)24(12-16)35(30,31)28(19-9-7-17(2)20(26)14-19)15-25(29)27-18-8-11-21(32-3)23(13-18)34-5/h6-14H,15H2,1-5H3,(H,27,29). The van der Waals surface area contributed by atoms with Crippen LogP contribution in [0.2, 0.25) is 5.02 Å². The number of methoxy groups -OCH3 is 3. The average Bonchev–Trinajstić information content (AvgIpc) is 2.84. The first-order valence-corrected chi connectivity index (χ1v) is 12.4. The molecule has 1 amide bonds. The van der Waals surface area contributed by atoms with Gasteiger partial charge in [-0.25, -0.2) is 8.42 Å². The zero-order valence-electron chi connectivity index (χ0n) is 20.1. The number of halogens is 1. The van der Waals surface area contributed by atoms with Gasteiger partial charge in [0, 0.05) is 16.8 Å². The molecule has 0 atom stereocenters. The summed E-state index contributed by atoms with van der Waals surface area (Å²) in [6.45, 7) is 3.07. The fourth-order valence-corrected chi connectivity index (χ4v) is 5.23. The summed E-state index contributed by atoms with van der Waals surface area (Å²) in [7, 11) is 0.159. The third kappa shape index (κ3) is 5.80. The first kappa shape index (κ1) is 26.2. The molecule has 3 aromatic rings. The first-order chi connectivity index (χ1) is 16.6. The molecule has 0 aliphatic carbocycles. The van der Waals surface area contributed by atoms with Gasteiger partial charge in [-0.05, 0) is 61.4 Å². The van der Waals surface area contributed by atoms with Gasteiger partial charge in [-0.1, -0.05) is 23.7 Å². The number of carbonyl (C=O) groups is 1. The fraction of sp³-hybridized carbons (Fsp3) is 0.240. The minimum absolute atomic E-state index is 0.0596. The van der Waals surface area contributed by atoms with E-state index in [9.17, 15) is 13.2 Å². The Labute approximate surface area is 210 Å². The third-order valence-electron chi connectivity index (χ3n) is 5.29. The van der Waals surface area contributed by atoms with Gasteiger partial charge >= 0.3 is 0 Å². The molecule has 0 aromatic heterocycles. The zero-order chi connectivity index (χ0) is 25.8. The lowest BCUT2D eigenvalue weighted by Crippen LogP contribution is -2.38. The highest BCUT2D eigenvalue weighted by Gasteiger charge is 2.30. The highest BCUT2D eigenvalue weighted by Crippen LogP contribution is 2.33. The number of sulfonamides is 1. The summed E-state index contributed by atoms with van der Waals surface area (Å²) >= 11 is 6.29. The molecule has 186 valence electrons. The molecule has 3 aromatic carbocycles. The normalized spacial score (nSPS) is 11.0. The van der Waals surface area contributed by atoms with Crippen molar-refractivity contribution in [2.45, 2.75) is 18.7 Å². The quantitative estimate of drug-likeness (QED) is 0.436. The van der Waals surface area contributed by atoms with Crippen LogP contribution in [0.1, 0.15) is 11.1 Å². The minimum atomic E-state index is -4.22. The maximum absolute atomic E-state index is 13.8. The molecule has 35 heavy (non-hydrogen) atoms. The van der Waals surface area contributed by atoms with Gasteiger partial charge in [0.15, 0.2) is 11.5 Å². The summed E-state index contributed by atoms with van der Waals surface area (Å²) in [5, 5.41) is 3.09. The number of hydrogen-bond acceptors (Lipinski definition) is 6. The summed E-state index contributed by atoms with van der Waals surface area (Å²) in [6.07, 6.45) is 0. The molecule has 1 N–H and O–H groups in total. The molecule has 0 bridgehead atoms. The van der Waals surface area contributed by atoms with Crippen LogP contribution in [0.25, 0.3) is 0 Å². The SMILES string of the molecule is COc1ccc(NC(=O)CN(c2ccc(C)c(Cl)c2)S(=O)(=O)c2cc(C)ccc2OC)cc1OC. The first-order valence-electron chi connectivity index (χ1n) is 10.6. The van der Waals surface area contributed by atoms with Crippen LogP contribution < -0.4 is 23.8 Å². The number of aryl methyl sites for hydroxylation is 2. The lowest BCUT2D eigenvalue weighted by atomic mass is 10.2. The van der Waals surface area contributed by atoms with Crippen molar-refractivity contribution in [1.82, 2.24) is 0 Å². The van der Waals surface area contributed by atoms with Crippen LogP contribution in [-0.4, -0.2) is 42.2 Å². The van der Waals surface area contributed by atoms with Crippen LogP contribution >= 0.6 is 11.6 Å². The summed E-state index contributed by atoms with van der Waals surface area (Å²) in [5.74, 6) is 0.517. The van der Waals surface area contributed by atoms with Crippen molar-refractivity contribution in [3.8, 4) is 17.2 Å². The third-order valence-corrected chi connectivity index (χ3v) is 7.49. The smallest absolute Gasteiger partial charge is 0.268 e. The predicted molar refractivity (Wildman–Crippen MR) is 137 cm³/mol. The van der Waals surface area contributed by atoms with E-state index in [0.29, 0.717) is 22.2 Å². The van der Waals surface area contributed by atoms with Crippen molar-refractivity contribution in [2.75, 3.05) is 37.5 Å². The van der Waals surface area contributed by atoms with Crippen LogP contribution in [0.15, 0.2) is 59.5 Å². The van der Waals surface area contributed by atoms with Crippen molar-refractivity contribution < 1.29 is 27.4 Å². The highest BCUT2D eigenvalue weighted by atomic mass is 35.5. The number of carbonyl (C=O) groups excluding carboxylic acids is 1. The van der Waals surface area contributed by atoms with E-state index >= 15 is 0 Å². The topological polar surface area (TPSA) is 94.2 Å². The Morgan fingerprint density at radius 1 is 0.886 bits per heavy atom. The van der Waals surface area contributed by atoms with Gasteiger partial charge in [-0.15, -0.1) is 0 Å². The van der Waals surface area contributed by atoms with Gasteiger partial charge < -0.3 is 19.5 Å². The number of rotatable bonds is 9. The van der Waals surface area contributed by atoms with E-state index < -0.39 is 22.5 Å². The minimum Gasteiger partial charge on any atom is -0.495 e. The molecule has 0 saturated heterocycles. The van der Waals surface area contributed by atoms with Gasteiger partial charge in [0.2, 0.25) is 5.91 Å². The summed E-state index contributed by atoms with van der Waals surface area (Å²) in [5.41, 5.74) is 2.16. The largest absolute Gasteiger partial charge is 0.495 e. The number of nitrogens with one attached hydrogen (secondary N) is 1. The van der Waals surface area contributed by atoms with Gasteiger partial charge in [-0.3, -0.25) is 9.10 Å². The second kappa shape index (κ2) is 10.9. The molecule has 0 aliphatic heterocycles. The number of benzene rings is 3. The zero-order valence-corrected chi connectivity index (χ0v) is 21.7. The Hall–Kier alpha value is -3.43. The van der Waals surface area contributed by atoms with Crippen LogP contribution in [-0.2, 0) is 14.8 Å². The maximum atomic E-state index is 13.8. The van der Waals surface area contributed by atoms with E-state index in [4.69, 9.17) is 25.8 Å². The van der Waals surface area contributed by atoms with E-state index in [1.54, 1.807) is 56.3 Å². The summed E-state index contributed by atoms with van der Waals surface area (Å²) < 4.78 is 44.4. The van der Waals surface area contributed by atoms with Gasteiger partial charge in [-0.2, -0.15) is 0 Å². The molecule has 8 nitrogen and oxygen atoms in total. The molecule has 0 fully saturated rings. The molecule has 3 rings (SSSR count). The van der Waals surface area contributed by atoms with E-state index in [-0.39, 0.29) is 16.3 Å². The molecule has 0 heterocycles. The van der Waals surface area contributed by atoms with Crippen molar-refractivity contribution in [2.24, 2.45) is 0 Å². The average molecular weight is 519 g/mol. The number of ether oxygens (including phenoxy) is 3. The van der Waals surface area contributed by atoms with Crippen molar-refractivity contribution >= 4 is 38.9 Å². The second-order valence-corrected chi connectivity index (χ2v) is 9.96. The van der Waals surface area contributed by atoms with Crippen molar-refractivity contribution in [3.05, 3.63) is 70.7 Å². The number of anilines is 2. The summed E-state index contributed by atoms with van der Waals surface area (Å²) in [6, 6.07) is 14.5. The Morgan fingerprint density at radius 2 is 1.54 bits per heavy atom. The van der Waals surface area contributed by atoms with Crippen molar-refractivity contribution in [3.63, 3.8) is 0 Å². The highest BCUT2D eigenvalue weighted by molar-refractivity contribution is 7.93. The molecule has 0 radical (unpaired) electrons. The molecule has 10 heteroatoms. The monoisotopic (exact) mass is 518 g/mol. The van der Waals surface area contributed by atoms with Crippen LogP contribution in [0, 0.1) is 13.8 Å². The van der Waals surface area contributed by atoms with Crippen LogP contribution in [0.3, 0.4) is 0 Å². The molecule has 0 spiro atoms. The molecular weight excluding hydrogens is 492 g/mol. The number of amides is 1. The van der Waals surface area contributed by atoms with E-state index in [2.05, 4.69) is 5.32 Å². The summed E-state index contributed by atoms with van der Waals surface area (Å²) in [4.78, 5) is 13.0. The van der Waals surface area contributed by atoms with Gasteiger partial charge in [0.25, 0.3) is 10.0 Å². The number of nitrogens with zero attached hydrogens (tertiary/aromatic N) is 1. The second-order valence-electron chi connectivity index (χ2n) is 7.72. The molecule has 0 saturated carbocycles. The predicted octanol–water partition coefficient (Wildman–Crippen LogP) is 4.82. The maximum Gasteiger partial charge on any atom is 0.268 e. The van der Waals surface area contributed by atoms with E-state index in [1.807, 2.05) is 0 Å². The molecule has 0 aliphatic rings. The van der Waals surface area contributed by atoms with Crippen molar-refractivity contribution in [1.29, 1.82) is 0 Å². The lowest BCUT2D eigenvalue weighted by molar-refractivity contribution is -0.114. The van der Waals surface area contributed by atoms with E-state index in [1.165, 1.54) is 33.5 Å². The molecule has 0 unspecified atom stereocenters. The Bertz CT molecular complexity index is 1340. The van der Waals surface area contributed by atoms with Crippen LogP contribution in [0.5, 0.6) is 17.2 Å². The Kier molecular flexibility index (Phi) is 8.14. The van der Waals surface area contributed by atoms with E-state index in [0.717, 1.165) is 15.4 Å². The molecular formula is C25H27ClN2O6S. The fourth-order valence-electron chi connectivity index (χ4n) is 3.40. The lowest BCUT2D eigenvalue weighted by Gasteiger charge is -2.25. The van der Waals surface area contributed by atoms with Gasteiger partial charge in [0.05, 0.1) is 27.0 Å². The van der Waals surface area contributed by atoms with Gasteiger partial charge in [0.1, 0.15) is 17.2 Å². The number of hydrogen-bond donors (Lipinski definition) is 1. The van der Waals surface area contributed by atoms with Crippen LogP contribution in [0.4, 0.5) is 11.4 Å². The Morgan fingerprint density at radius 3 is 2.17 bits per heavy atom.